The summed E-state index contributed by atoms with van der Waals surface area (Å²) in [6.45, 7) is 6.11. The number of nitrogens with zero attached hydrogens (tertiary/aromatic N) is 3. The first kappa shape index (κ1) is 14.3. The van der Waals surface area contributed by atoms with Crippen LogP contribution in [0, 0.1) is 11.3 Å². The quantitative estimate of drug-likeness (QED) is 0.693. The van der Waals surface area contributed by atoms with Gasteiger partial charge in [-0.05, 0) is 18.6 Å². The van der Waals surface area contributed by atoms with Gasteiger partial charge in [-0.3, -0.25) is 4.40 Å². The van der Waals surface area contributed by atoms with Crippen molar-refractivity contribution in [1.82, 2.24) is 9.38 Å². The third kappa shape index (κ3) is 2.45. The Bertz CT molecular complexity index is 747. The molecular formula is C16H17N3S. The molecule has 0 saturated carbocycles. The lowest BCUT2D eigenvalue weighted by Crippen LogP contribution is -1.87. The first-order valence-corrected chi connectivity index (χ1v) is 7.66. The van der Waals surface area contributed by atoms with Crippen LogP contribution in [0.3, 0.4) is 0 Å². The van der Waals surface area contributed by atoms with Gasteiger partial charge in [-0.1, -0.05) is 32.9 Å². The fourth-order valence-corrected chi connectivity index (χ4v) is 2.94. The predicted octanol–water partition coefficient (Wildman–Crippen LogP) is 4.52. The van der Waals surface area contributed by atoms with Crippen LogP contribution in [0.1, 0.15) is 32.0 Å². The molecule has 0 unspecified atom stereocenters. The van der Waals surface area contributed by atoms with Crippen LogP contribution in [-0.2, 0) is 6.42 Å². The van der Waals surface area contributed by atoms with Gasteiger partial charge in [-0.15, -0.1) is 11.3 Å². The van der Waals surface area contributed by atoms with Crippen molar-refractivity contribution >= 4 is 16.2 Å². The summed E-state index contributed by atoms with van der Waals surface area (Å²) in [5, 5.41) is 11.0. The number of fused-ring (bicyclic) bond motifs is 1. The van der Waals surface area contributed by atoms with E-state index in [2.05, 4.69) is 27.8 Å². The van der Waals surface area contributed by atoms with Crippen LogP contribution < -0.4 is 0 Å². The molecule has 0 radical (unpaired) electrons. The summed E-state index contributed by atoms with van der Waals surface area (Å²) in [6, 6.07) is 9.74. The number of aryl methyl sites for hydroxylation is 1. The van der Waals surface area contributed by atoms with Crippen molar-refractivity contribution < 1.29 is 0 Å². The average molecular weight is 283 g/mol. The summed E-state index contributed by atoms with van der Waals surface area (Å²) in [4.78, 5) is 5.87. The van der Waals surface area contributed by atoms with Gasteiger partial charge in [-0.25, -0.2) is 4.98 Å². The van der Waals surface area contributed by atoms with E-state index in [0.717, 1.165) is 23.5 Å². The van der Waals surface area contributed by atoms with Crippen molar-refractivity contribution in [2.45, 2.75) is 27.2 Å². The van der Waals surface area contributed by atoms with E-state index in [1.807, 2.05) is 44.3 Å². The molecule has 0 aliphatic rings. The molecule has 0 saturated heterocycles. The number of imidazole rings is 1. The van der Waals surface area contributed by atoms with Crippen molar-refractivity contribution in [1.29, 1.82) is 5.26 Å². The highest BCUT2D eigenvalue weighted by Crippen LogP contribution is 2.26. The van der Waals surface area contributed by atoms with E-state index < -0.39 is 0 Å². The molecule has 20 heavy (non-hydrogen) atoms. The monoisotopic (exact) mass is 283 g/mol. The summed E-state index contributed by atoms with van der Waals surface area (Å²) >= 11 is 1.70. The van der Waals surface area contributed by atoms with Gasteiger partial charge < -0.3 is 0 Å². The van der Waals surface area contributed by atoms with E-state index in [9.17, 15) is 0 Å². The first-order valence-electron chi connectivity index (χ1n) is 6.78. The van der Waals surface area contributed by atoms with Gasteiger partial charge in [0, 0.05) is 17.1 Å². The smallest absolute Gasteiger partial charge is 0.145 e. The fourth-order valence-electron chi connectivity index (χ4n) is 2.05. The Hall–Kier alpha value is -2.12. The Balaban J connectivity index is 0.000000704. The Morgan fingerprint density at radius 1 is 1.35 bits per heavy atom. The van der Waals surface area contributed by atoms with Gasteiger partial charge in [0.15, 0.2) is 0 Å². The van der Waals surface area contributed by atoms with Crippen molar-refractivity contribution in [3.63, 3.8) is 0 Å². The Kier molecular flexibility index (Phi) is 4.54. The van der Waals surface area contributed by atoms with Crippen LogP contribution in [0.2, 0.25) is 0 Å². The van der Waals surface area contributed by atoms with Crippen molar-refractivity contribution in [3.8, 4) is 17.5 Å². The van der Waals surface area contributed by atoms with E-state index in [1.165, 1.54) is 4.83 Å². The van der Waals surface area contributed by atoms with Crippen LogP contribution in [0.15, 0.2) is 35.8 Å². The maximum atomic E-state index is 8.96. The van der Waals surface area contributed by atoms with Crippen LogP contribution in [-0.4, -0.2) is 9.38 Å². The maximum absolute atomic E-state index is 8.96. The number of hydrogen-bond acceptors (Lipinski definition) is 3. The lowest BCUT2D eigenvalue weighted by molar-refractivity contribution is 1.08. The number of thiazole rings is 1. The number of rotatable bonds is 2. The molecule has 1 aromatic carbocycles. The number of benzene rings is 1. The van der Waals surface area contributed by atoms with E-state index >= 15 is 0 Å². The Morgan fingerprint density at radius 3 is 2.85 bits per heavy atom. The molecule has 0 spiro atoms. The molecule has 3 rings (SSSR count). The minimum Gasteiger partial charge on any atom is -0.290 e. The van der Waals surface area contributed by atoms with E-state index in [1.54, 1.807) is 11.3 Å². The van der Waals surface area contributed by atoms with E-state index in [0.29, 0.717) is 5.56 Å². The topological polar surface area (TPSA) is 41.1 Å². The highest BCUT2D eigenvalue weighted by atomic mass is 32.1. The average Bonchev–Trinajstić information content (AvgIpc) is 3.11. The number of aromatic nitrogens is 2. The number of nitriles is 1. The second kappa shape index (κ2) is 6.36. The Morgan fingerprint density at radius 2 is 2.15 bits per heavy atom. The van der Waals surface area contributed by atoms with Gasteiger partial charge in [-0.2, -0.15) is 5.26 Å². The molecule has 0 atom stereocenters. The summed E-state index contributed by atoms with van der Waals surface area (Å²) in [5.41, 5.74) is 2.77. The third-order valence-electron chi connectivity index (χ3n) is 2.91. The normalized spacial score (nSPS) is 9.90. The second-order valence-electron chi connectivity index (χ2n) is 4.01. The summed E-state index contributed by atoms with van der Waals surface area (Å²) in [5.74, 6) is 0.917. The van der Waals surface area contributed by atoms with Gasteiger partial charge in [0.25, 0.3) is 0 Å². The maximum Gasteiger partial charge on any atom is 0.145 e. The standard InChI is InChI=1S/C14H11N3S.C2H6/c1-2-12-14-17(6-7-18-14)13(16-12)11-5-3-4-10(8-11)9-15;1-2/h3-8H,2H2,1H3;1-2H3. The molecule has 2 heterocycles. The van der Waals surface area contributed by atoms with E-state index in [-0.39, 0.29) is 0 Å². The zero-order valence-corrected chi connectivity index (χ0v) is 12.7. The molecule has 102 valence electrons. The molecule has 4 heteroatoms. The molecule has 2 aromatic heterocycles. The molecule has 0 N–H and O–H groups in total. The van der Waals surface area contributed by atoms with Gasteiger partial charge in [0.1, 0.15) is 10.7 Å². The molecule has 0 amide bonds. The van der Waals surface area contributed by atoms with Crippen molar-refractivity contribution in [2.75, 3.05) is 0 Å². The van der Waals surface area contributed by atoms with Gasteiger partial charge in [0.05, 0.1) is 17.3 Å². The highest BCUT2D eigenvalue weighted by molar-refractivity contribution is 7.15. The zero-order chi connectivity index (χ0) is 14.5. The molecule has 3 nitrogen and oxygen atoms in total. The van der Waals surface area contributed by atoms with Crippen molar-refractivity contribution in [2.24, 2.45) is 0 Å². The minimum atomic E-state index is 0.664. The van der Waals surface area contributed by atoms with Crippen LogP contribution in [0.25, 0.3) is 16.2 Å². The SMILES string of the molecule is CC.CCc1nc(-c2cccc(C#N)c2)n2ccsc12. The van der Waals surface area contributed by atoms with Crippen LogP contribution in [0.5, 0.6) is 0 Å². The second-order valence-corrected chi connectivity index (χ2v) is 4.90. The molecule has 0 aliphatic carbocycles. The summed E-state index contributed by atoms with van der Waals surface area (Å²) in [6.07, 6.45) is 2.95. The molecule has 3 aromatic rings. The van der Waals surface area contributed by atoms with Crippen LogP contribution >= 0.6 is 11.3 Å². The largest absolute Gasteiger partial charge is 0.290 e. The first-order chi connectivity index (χ1) is 9.83. The van der Waals surface area contributed by atoms with Gasteiger partial charge in [0.2, 0.25) is 0 Å². The molecule has 0 bridgehead atoms. The third-order valence-corrected chi connectivity index (χ3v) is 3.82. The molecule has 0 fully saturated rings. The van der Waals surface area contributed by atoms with Gasteiger partial charge >= 0.3 is 0 Å². The fraction of sp³-hybridized carbons (Fsp3) is 0.250. The lowest BCUT2D eigenvalue weighted by atomic mass is 10.1. The van der Waals surface area contributed by atoms with Crippen molar-refractivity contribution in [3.05, 3.63) is 47.1 Å². The summed E-state index contributed by atoms with van der Waals surface area (Å²) in [7, 11) is 0. The highest BCUT2D eigenvalue weighted by Gasteiger charge is 2.12. The molecular weight excluding hydrogens is 266 g/mol. The zero-order valence-electron chi connectivity index (χ0n) is 11.9. The Labute approximate surface area is 123 Å². The number of hydrogen-bond donors (Lipinski definition) is 0. The predicted molar refractivity (Wildman–Crippen MR) is 83.9 cm³/mol. The lowest BCUT2D eigenvalue weighted by Gasteiger charge is -1.98. The summed E-state index contributed by atoms with van der Waals surface area (Å²) < 4.78 is 2.10. The molecule has 0 aliphatic heterocycles. The van der Waals surface area contributed by atoms with Crippen LogP contribution in [0.4, 0.5) is 0 Å². The van der Waals surface area contributed by atoms with E-state index in [4.69, 9.17) is 5.26 Å². The minimum absolute atomic E-state index is 0.664.